The molecule has 0 saturated heterocycles. The lowest BCUT2D eigenvalue weighted by Crippen LogP contribution is -2.18. The summed E-state index contributed by atoms with van der Waals surface area (Å²) in [6.07, 6.45) is 3.71. The molecule has 2 rings (SSSR count). The Kier molecular flexibility index (Phi) is 4.62. The number of benzene rings is 1. The van der Waals surface area contributed by atoms with E-state index in [9.17, 15) is 4.79 Å². The second kappa shape index (κ2) is 6.43. The highest BCUT2D eigenvalue weighted by atomic mass is 16.1. The summed E-state index contributed by atoms with van der Waals surface area (Å²) in [4.78, 5) is 15.9. The van der Waals surface area contributed by atoms with E-state index >= 15 is 0 Å². The second-order valence-corrected chi connectivity index (χ2v) is 5.35. The minimum atomic E-state index is -0.0785. The smallest absolute Gasteiger partial charge is 0.251 e. The molecule has 0 saturated carbocycles. The van der Waals surface area contributed by atoms with Crippen molar-refractivity contribution >= 4 is 11.6 Å². The molecule has 0 bridgehead atoms. The van der Waals surface area contributed by atoms with E-state index in [-0.39, 0.29) is 5.91 Å². The zero-order valence-corrected chi connectivity index (χ0v) is 13.0. The summed E-state index contributed by atoms with van der Waals surface area (Å²) >= 11 is 0. The number of nitrogens with zero attached hydrogens (tertiary/aromatic N) is 2. The van der Waals surface area contributed by atoms with Crippen LogP contribution in [-0.4, -0.2) is 22.5 Å². The molecular weight excluding hydrogens is 264 g/mol. The van der Waals surface area contributed by atoms with Crippen LogP contribution in [0.5, 0.6) is 0 Å². The van der Waals surface area contributed by atoms with Crippen molar-refractivity contribution in [2.75, 3.05) is 12.4 Å². The molecule has 0 aliphatic heterocycles. The molecule has 0 spiro atoms. The number of carbonyl (C=O) groups is 1. The molecule has 0 atom stereocenters. The Morgan fingerprint density at radius 2 is 2.14 bits per heavy atom. The van der Waals surface area contributed by atoms with Crippen molar-refractivity contribution in [3.63, 3.8) is 0 Å². The van der Waals surface area contributed by atoms with Gasteiger partial charge in [-0.15, -0.1) is 0 Å². The maximum atomic E-state index is 11.7. The predicted molar refractivity (Wildman–Crippen MR) is 84.5 cm³/mol. The van der Waals surface area contributed by atoms with Gasteiger partial charge in [-0.05, 0) is 38.5 Å². The van der Waals surface area contributed by atoms with Crippen molar-refractivity contribution in [1.29, 1.82) is 0 Å². The van der Waals surface area contributed by atoms with Crippen molar-refractivity contribution in [3.8, 4) is 0 Å². The normalized spacial score (nSPS) is 10.7. The average Bonchev–Trinajstić information content (AvgIpc) is 2.94. The van der Waals surface area contributed by atoms with Gasteiger partial charge < -0.3 is 15.2 Å². The largest absolute Gasteiger partial charge is 0.379 e. The summed E-state index contributed by atoms with van der Waals surface area (Å²) in [6.45, 7) is 6.96. The zero-order chi connectivity index (χ0) is 15.4. The number of aromatic nitrogens is 2. The lowest BCUT2D eigenvalue weighted by molar-refractivity contribution is 0.0963. The van der Waals surface area contributed by atoms with E-state index in [2.05, 4.69) is 34.0 Å². The minimum absolute atomic E-state index is 0.0785. The fourth-order valence-electron chi connectivity index (χ4n) is 2.22. The third-order valence-corrected chi connectivity index (χ3v) is 3.49. The number of hydrogen-bond acceptors (Lipinski definition) is 3. The summed E-state index contributed by atoms with van der Waals surface area (Å²) in [7, 11) is 1.64. The van der Waals surface area contributed by atoms with Crippen LogP contribution >= 0.6 is 0 Å². The first kappa shape index (κ1) is 15.1. The van der Waals surface area contributed by atoms with Crippen LogP contribution in [0.1, 0.15) is 41.5 Å². The van der Waals surface area contributed by atoms with Gasteiger partial charge in [0.05, 0.1) is 18.6 Å². The molecule has 5 nitrogen and oxygen atoms in total. The van der Waals surface area contributed by atoms with Crippen molar-refractivity contribution in [2.24, 2.45) is 0 Å². The predicted octanol–water partition coefficient (Wildman–Crippen LogP) is 2.74. The number of amides is 1. The Morgan fingerprint density at radius 3 is 2.81 bits per heavy atom. The number of nitrogens with one attached hydrogen (secondary N) is 2. The quantitative estimate of drug-likeness (QED) is 0.888. The van der Waals surface area contributed by atoms with Crippen molar-refractivity contribution in [3.05, 3.63) is 47.5 Å². The van der Waals surface area contributed by atoms with Gasteiger partial charge in [-0.3, -0.25) is 4.79 Å². The monoisotopic (exact) mass is 286 g/mol. The number of imidazole rings is 1. The van der Waals surface area contributed by atoms with Crippen LogP contribution in [0.3, 0.4) is 0 Å². The average molecular weight is 286 g/mol. The van der Waals surface area contributed by atoms with Gasteiger partial charge in [0.15, 0.2) is 0 Å². The third-order valence-electron chi connectivity index (χ3n) is 3.49. The van der Waals surface area contributed by atoms with Gasteiger partial charge in [0, 0.05) is 30.5 Å². The van der Waals surface area contributed by atoms with E-state index in [0.29, 0.717) is 18.2 Å². The van der Waals surface area contributed by atoms with Gasteiger partial charge in [0.1, 0.15) is 0 Å². The molecule has 5 heteroatoms. The van der Waals surface area contributed by atoms with E-state index < -0.39 is 0 Å². The number of aryl methyl sites for hydroxylation is 1. The number of anilines is 1. The second-order valence-electron chi connectivity index (χ2n) is 5.35. The SMILES string of the molecule is CNC(=O)c1ccc(C)c(NCc2cncn2C(C)C)c1. The molecule has 0 radical (unpaired) electrons. The number of carbonyl (C=O) groups excluding carboxylic acids is 1. The molecular formula is C16H22N4O. The molecule has 2 aromatic rings. The van der Waals surface area contributed by atoms with Gasteiger partial charge in [-0.2, -0.15) is 0 Å². The maximum Gasteiger partial charge on any atom is 0.251 e. The first-order valence-electron chi connectivity index (χ1n) is 7.10. The van der Waals surface area contributed by atoms with Gasteiger partial charge in [0.25, 0.3) is 5.91 Å². The van der Waals surface area contributed by atoms with E-state index in [4.69, 9.17) is 0 Å². The van der Waals surface area contributed by atoms with Crippen molar-refractivity contribution < 1.29 is 4.79 Å². The Hall–Kier alpha value is -2.30. The Balaban J connectivity index is 2.16. The van der Waals surface area contributed by atoms with Crippen LogP contribution in [0, 0.1) is 6.92 Å². The topological polar surface area (TPSA) is 59.0 Å². The Morgan fingerprint density at radius 1 is 1.38 bits per heavy atom. The molecule has 1 aromatic heterocycles. The fraction of sp³-hybridized carbons (Fsp3) is 0.375. The van der Waals surface area contributed by atoms with E-state index in [1.165, 1.54) is 0 Å². The van der Waals surface area contributed by atoms with Crippen molar-refractivity contribution in [1.82, 2.24) is 14.9 Å². The lowest BCUT2D eigenvalue weighted by Gasteiger charge is -2.14. The summed E-state index contributed by atoms with van der Waals surface area (Å²) < 4.78 is 2.13. The number of hydrogen-bond donors (Lipinski definition) is 2. The Bertz CT molecular complexity index is 631. The highest BCUT2D eigenvalue weighted by Gasteiger charge is 2.08. The zero-order valence-electron chi connectivity index (χ0n) is 13.0. The molecule has 0 fully saturated rings. The first-order valence-corrected chi connectivity index (χ1v) is 7.10. The summed E-state index contributed by atoms with van der Waals surface area (Å²) in [5.74, 6) is -0.0785. The molecule has 0 aliphatic rings. The summed E-state index contributed by atoms with van der Waals surface area (Å²) in [5, 5.41) is 6.03. The standard InChI is InChI=1S/C16H22N4O/c1-11(2)20-10-18-8-14(20)9-19-15-7-13(16(21)17-4)6-5-12(15)3/h5-8,10-11,19H,9H2,1-4H3,(H,17,21). The first-order chi connectivity index (χ1) is 10.0. The lowest BCUT2D eigenvalue weighted by atomic mass is 10.1. The van der Waals surface area contributed by atoms with Crippen LogP contribution in [0.25, 0.3) is 0 Å². The van der Waals surface area contributed by atoms with Crippen LogP contribution in [-0.2, 0) is 6.54 Å². The van der Waals surface area contributed by atoms with Gasteiger partial charge in [-0.1, -0.05) is 6.07 Å². The summed E-state index contributed by atoms with van der Waals surface area (Å²) in [6, 6.07) is 6.04. The molecule has 0 aliphatic carbocycles. The van der Waals surface area contributed by atoms with Crippen molar-refractivity contribution in [2.45, 2.75) is 33.4 Å². The molecule has 1 heterocycles. The van der Waals surface area contributed by atoms with Crippen LogP contribution in [0.2, 0.25) is 0 Å². The molecule has 0 unspecified atom stereocenters. The fourth-order valence-corrected chi connectivity index (χ4v) is 2.22. The van der Waals surface area contributed by atoms with Gasteiger partial charge in [0.2, 0.25) is 0 Å². The van der Waals surface area contributed by atoms with E-state index in [0.717, 1.165) is 16.9 Å². The van der Waals surface area contributed by atoms with Crippen LogP contribution in [0.4, 0.5) is 5.69 Å². The van der Waals surface area contributed by atoms with Crippen LogP contribution < -0.4 is 10.6 Å². The van der Waals surface area contributed by atoms with Gasteiger partial charge >= 0.3 is 0 Å². The number of rotatable bonds is 5. The Labute approximate surface area is 125 Å². The summed E-state index contributed by atoms with van der Waals surface area (Å²) in [5.41, 5.74) is 3.85. The highest BCUT2D eigenvalue weighted by molar-refractivity contribution is 5.95. The molecule has 2 N–H and O–H groups in total. The highest BCUT2D eigenvalue weighted by Crippen LogP contribution is 2.18. The molecule has 112 valence electrons. The minimum Gasteiger partial charge on any atom is -0.379 e. The maximum absolute atomic E-state index is 11.7. The molecule has 1 amide bonds. The third kappa shape index (κ3) is 3.42. The van der Waals surface area contributed by atoms with E-state index in [1.54, 1.807) is 7.05 Å². The molecule has 1 aromatic carbocycles. The molecule has 21 heavy (non-hydrogen) atoms. The van der Waals surface area contributed by atoms with Gasteiger partial charge in [-0.25, -0.2) is 4.98 Å². The van der Waals surface area contributed by atoms with E-state index in [1.807, 2.05) is 37.6 Å². The van der Waals surface area contributed by atoms with Crippen LogP contribution in [0.15, 0.2) is 30.7 Å².